The van der Waals surface area contributed by atoms with Gasteiger partial charge in [-0.3, -0.25) is 19.2 Å². The van der Waals surface area contributed by atoms with Crippen LogP contribution < -0.4 is 5.32 Å². The van der Waals surface area contributed by atoms with Crippen molar-refractivity contribution in [2.45, 2.75) is 96.1 Å². The molecule has 2 fully saturated rings. The van der Waals surface area contributed by atoms with Crippen LogP contribution in [-0.2, 0) is 28.7 Å². The predicted molar refractivity (Wildman–Crippen MR) is 172 cm³/mol. The van der Waals surface area contributed by atoms with Gasteiger partial charge in [0.05, 0.1) is 24.0 Å². The summed E-state index contributed by atoms with van der Waals surface area (Å²) in [4.78, 5) is 59.7. The van der Waals surface area contributed by atoms with Gasteiger partial charge in [-0.25, -0.2) is 0 Å². The van der Waals surface area contributed by atoms with Crippen molar-refractivity contribution in [3.8, 4) is 0 Å². The van der Waals surface area contributed by atoms with E-state index in [0.717, 1.165) is 5.56 Å². The molecule has 1 spiro atoms. The molecule has 5 rings (SSSR count). The first kappa shape index (κ1) is 33.9. The first-order valence-electron chi connectivity index (χ1n) is 16.5. The number of amides is 3. The number of nitrogens with one attached hydrogen (secondary N) is 1. The van der Waals surface area contributed by atoms with Gasteiger partial charge in [-0.05, 0) is 50.5 Å². The Morgan fingerprint density at radius 2 is 1.74 bits per heavy atom. The van der Waals surface area contributed by atoms with Gasteiger partial charge in [0.25, 0.3) is 0 Å². The van der Waals surface area contributed by atoms with E-state index in [1.807, 2.05) is 73.4 Å². The number of carbonyl (C=O) groups excluding carboxylic acids is 4. The van der Waals surface area contributed by atoms with Gasteiger partial charge in [-0.15, -0.1) is 0 Å². The van der Waals surface area contributed by atoms with Gasteiger partial charge >= 0.3 is 5.97 Å². The minimum atomic E-state index is -1.30. The molecule has 6 atom stereocenters. The monoisotopic (exact) mass is 635 g/mol. The number of hydrogen-bond donors (Lipinski definition) is 2. The fraction of sp³-hybridized carbons (Fsp3) is 0.611. The Hall–Kier alpha value is -3.50. The van der Waals surface area contributed by atoms with Crippen LogP contribution in [0.5, 0.6) is 0 Å². The number of hydrogen-bond acceptors (Lipinski definition) is 7. The first-order chi connectivity index (χ1) is 21.8. The zero-order valence-corrected chi connectivity index (χ0v) is 27.7. The molecule has 4 heterocycles. The van der Waals surface area contributed by atoms with Crippen molar-refractivity contribution in [1.29, 1.82) is 0 Å². The minimum absolute atomic E-state index is 0.0281. The second-order valence-electron chi connectivity index (χ2n) is 14.8. The lowest BCUT2D eigenvalue weighted by Crippen LogP contribution is -2.60. The summed E-state index contributed by atoms with van der Waals surface area (Å²) in [6.07, 6.45) is 9.01. The molecule has 0 saturated carbocycles. The van der Waals surface area contributed by atoms with E-state index in [0.29, 0.717) is 25.7 Å². The van der Waals surface area contributed by atoms with Crippen molar-refractivity contribution in [1.82, 2.24) is 15.1 Å². The van der Waals surface area contributed by atoms with E-state index in [-0.39, 0.29) is 55.9 Å². The maximum atomic E-state index is 15.0. The molecule has 0 radical (unpaired) electrons. The van der Waals surface area contributed by atoms with Crippen LogP contribution in [0.25, 0.3) is 0 Å². The summed E-state index contributed by atoms with van der Waals surface area (Å²) in [6.45, 7) is 10.9. The summed E-state index contributed by atoms with van der Waals surface area (Å²) >= 11 is 0. The number of likely N-dealkylation sites (tertiary alicyclic amines) is 1. The highest BCUT2D eigenvalue weighted by Gasteiger charge is 2.73. The third-order valence-electron chi connectivity index (χ3n) is 9.58. The van der Waals surface area contributed by atoms with Crippen molar-refractivity contribution in [3.05, 3.63) is 60.2 Å². The van der Waals surface area contributed by atoms with Gasteiger partial charge in [0.2, 0.25) is 17.7 Å². The van der Waals surface area contributed by atoms with Crippen LogP contribution >= 0.6 is 0 Å². The second kappa shape index (κ2) is 13.3. The fourth-order valence-corrected chi connectivity index (χ4v) is 7.98. The summed E-state index contributed by atoms with van der Waals surface area (Å²) in [7, 11) is 0. The Morgan fingerprint density at radius 1 is 1.00 bits per heavy atom. The third kappa shape index (κ3) is 6.65. The zero-order valence-electron chi connectivity index (χ0n) is 27.7. The van der Waals surface area contributed by atoms with Crippen molar-refractivity contribution in [2.75, 3.05) is 26.3 Å². The number of esters is 1. The number of aliphatic hydroxyl groups excluding tert-OH is 1. The number of aliphatic hydroxyl groups is 1. The molecule has 10 nitrogen and oxygen atoms in total. The van der Waals surface area contributed by atoms with E-state index in [9.17, 15) is 24.3 Å². The van der Waals surface area contributed by atoms with E-state index >= 15 is 0 Å². The van der Waals surface area contributed by atoms with Crippen LogP contribution in [0.15, 0.2) is 54.6 Å². The van der Waals surface area contributed by atoms with Crippen LogP contribution in [-0.4, -0.2) is 88.2 Å². The van der Waals surface area contributed by atoms with E-state index in [2.05, 4.69) is 26.1 Å². The maximum Gasteiger partial charge on any atom is 0.306 e. The Balaban J connectivity index is 1.58. The molecular weight excluding hydrogens is 586 g/mol. The number of benzene rings is 1. The minimum Gasteiger partial charge on any atom is -0.463 e. The quantitative estimate of drug-likeness (QED) is 0.266. The number of unbranched alkanes of at least 4 members (excludes halogenated alkanes) is 1. The van der Waals surface area contributed by atoms with Crippen LogP contribution in [0, 0.1) is 17.3 Å². The van der Waals surface area contributed by atoms with E-state index in [1.165, 1.54) is 0 Å². The Labute approximate surface area is 272 Å². The molecule has 0 aromatic heterocycles. The van der Waals surface area contributed by atoms with Crippen LogP contribution in [0.3, 0.4) is 0 Å². The molecule has 1 aromatic rings. The lowest BCUT2D eigenvalue weighted by atomic mass is 9.73. The molecule has 10 heteroatoms. The molecule has 4 aliphatic rings. The number of rotatable bonds is 7. The van der Waals surface area contributed by atoms with Gasteiger partial charge in [0.15, 0.2) is 0 Å². The molecule has 0 aliphatic carbocycles. The van der Waals surface area contributed by atoms with Gasteiger partial charge in [0.1, 0.15) is 18.2 Å². The van der Waals surface area contributed by atoms with Crippen molar-refractivity contribution in [3.63, 3.8) is 0 Å². The highest BCUT2D eigenvalue weighted by atomic mass is 16.5. The lowest BCUT2D eigenvalue weighted by Gasteiger charge is -2.45. The summed E-state index contributed by atoms with van der Waals surface area (Å²) in [5, 5.41) is 12.6. The highest BCUT2D eigenvalue weighted by molar-refractivity contribution is 6.00. The Bertz CT molecular complexity index is 1370. The van der Waals surface area contributed by atoms with Gasteiger partial charge in [0, 0.05) is 31.7 Å². The first-order valence-corrected chi connectivity index (χ1v) is 16.5. The number of fused-ring (bicyclic) bond motifs is 2. The molecule has 0 unspecified atom stereocenters. The SMILES string of the molecule is CC(C)(C)CC(C)(C)N1C/C=C\CCC(=O)OC[C@@H](c2ccccc2)NC(=O)[C@@H]2[C@@H]3C=C[C@]4(O3)[C@H](C1=O)N(CCCCO)C(=O)[C@@H]24. The van der Waals surface area contributed by atoms with Crippen molar-refractivity contribution >= 4 is 23.7 Å². The number of nitrogens with zero attached hydrogens (tertiary/aromatic N) is 2. The molecule has 2 saturated heterocycles. The molecular formula is C36H49N3O7. The summed E-state index contributed by atoms with van der Waals surface area (Å²) in [5.74, 6) is -3.08. The molecule has 1 aromatic carbocycles. The van der Waals surface area contributed by atoms with E-state index in [4.69, 9.17) is 9.47 Å². The van der Waals surface area contributed by atoms with E-state index in [1.54, 1.807) is 4.90 Å². The Kier molecular flexibility index (Phi) is 9.80. The van der Waals surface area contributed by atoms with Crippen LogP contribution in [0.4, 0.5) is 0 Å². The normalized spacial score (nSPS) is 31.2. The maximum absolute atomic E-state index is 15.0. The third-order valence-corrected chi connectivity index (χ3v) is 9.58. The molecule has 4 aliphatic heterocycles. The second-order valence-corrected chi connectivity index (χ2v) is 14.8. The molecule has 3 amide bonds. The van der Waals surface area contributed by atoms with Gasteiger partial charge in [-0.1, -0.05) is 75.4 Å². The molecule has 2 N–H and O–H groups in total. The topological polar surface area (TPSA) is 125 Å². The lowest BCUT2D eigenvalue weighted by molar-refractivity contribution is -0.152. The average Bonchev–Trinajstić information content (AvgIpc) is 3.63. The molecule has 250 valence electrons. The van der Waals surface area contributed by atoms with E-state index < -0.39 is 47.1 Å². The fourth-order valence-electron chi connectivity index (χ4n) is 7.98. The standard InChI is InChI=1S/C36H49N3O7/c1-34(2,3)23-35(4,5)39-20-11-7-10-16-27(41)45-22-25(24-14-8-6-9-15-24)37-31(42)28-26-17-18-36(46-26)29(28)32(43)38(19-12-13-21-40)30(36)33(39)44/h6-9,11,14-15,17-18,25-26,28-30,40H,10,12-13,16,19-23H2,1-5H3,(H,37,42)/b11-7-/t25-,26-,28+,29+,30-,36+/m0/s1. The largest absolute Gasteiger partial charge is 0.463 e. The highest BCUT2D eigenvalue weighted by Crippen LogP contribution is 2.56. The van der Waals surface area contributed by atoms with Crippen molar-refractivity contribution < 1.29 is 33.8 Å². The zero-order chi connectivity index (χ0) is 33.3. The molecule has 5 bridgehead atoms. The number of allylic oxidation sites excluding steroid dienone is 1. The van der Waals surface area contributed by atoms with Crippen LogP contribution in [0.2, 0.25) is 0 Å². The number of cyclic esters (lactones) is 1. The smallest absolute Gasteiger partial charge is 0.306 e. The average molecular weight is 636 g/mol. The van der Waals surface area contributed by atoms with Gasteiger partial charge < -0.3 is 29.7 Å². The number of carbonyl (C=O) groups is 4. The number of ether oxygens (including phenoxy) is 2. The van der Waals surface area contributed by atoms with Crippen molar-refractivity contribution in [2.24, 2.45) is 17.3 Å². The summed E-state index contributed by atoms with van der Waals surface area (Å²) in [6, 6.07) is 7.68. The summed E-state index contributed by atoms with van der Waals surface area (Å²) < 4.78 is 12.2. The molecule has 46 heavy (non-hydrogen) atoms. The summed E-state index contributed by atoms with van der Waals surface area (Å²) in [5.41, 5.74) is -1.24. The van der Waals surface area contributed by atoms with Gasteiger partial charge in [-0.2, -0.15) is 0 Å². The van der Waals surface area contributed by atoms with Crippen LogP contribution in [0.1, 0.15) is 78.3 Å². The predicted octanol–water partition coefficient (Wildman–Crippen LogP) is 3.70. The Morgan fingerprint density at radius 3 is 2.43 bits per heavy atom.